The highest BCUT2D eigenvalue weighted by molar-refractivity contribution is 5.67. The van der Waals surface area contributed by atoms with Crippen LogP contribution in [0.5, 0.6) is 0 Å². The number of hydrogen-bond donors (Lipinski definition) is 1. The zero-order valence-electron chi connectivity index (χ0n) is 11.2. The van der Waals surface area contributed by atoms with E-state index in [4.69, 9.17) is 0 Å². The molecule has 0 aliphatic rings. The fourth-order valence-corrected chi connectivity index (χ4v) is 2.17. The van der Waals surface area contributed by atoms with Crippen molar-refractivity contribution in [3.05, 3.63) is 59.7 Å². The van der Waals surface area contributed by atoms with Gasteiger partial charge in [0.15, 0.2) is 0 Å². The van der Waals surface area contributed by atoms with Crippen molar-refractivity contribution in [1.29, 1.82) is 0 Å². The first-order valence-corrected chi connectivity index (χ1v) is 6.67. The minimum Gasteiger partial charge on any atom is -0.313 e. The third-order valence-electron chi connectivity index (χ3n) is 3.09. The first kappa shape index (κ1) is 12.8. The minimum atomic E-state index is 0.942. The van der Waals surface area contributed by atoms with Crippen molar-refractivity contribution in [3.63, 3.8) is 0 Å². The summed E-state index contributed by atoms with van der Waals surface area (Å²) in [6, 6.07) is 17.3. The largest absolute Gasteiger partial charge is 0.313 e. The zero-order chi connectivity index (χ0) is 12.8. The van der Waals surface area contributed by atoms with Gasteiger partial charge in [0, 0.05) is 6.54 Å². The summed E-state index contributed by atoms with van der Waals surface area (Å²) in [7, 11) is 0. The molecule has 0 unspecified atom stereocenters. The van der Waals surface area contributed by atoms with Crippen LogP contribution in [0.4, 0.5) is 0 Å². The molecule has 1 N–H and O–H groups in total. The smallest absolute Gasteiger partial charge is 0.0211 e. The second-order valence-corrected chi connectivity index (χ2v) is 4.70. The topological polar surface area (TPSA) is 12.0 Å². The molecule has 0 atom stereocenters. The van der Waals surface area contributed by atoms with Crippen LogP contribution >= 0.6 is 0 Å². The van der Waals surface area contributed by atoms with Gasteiger partial charge in [-0.25, -0.2) is 0 Å². The highest BCUT2D eigenvalue weighted by Gasteiger charge is 2.03. The fourth-order valence-electron chi connectivity index (χ4n) is 2.17. The van der Waals surface area contributed by atoms with Crippen LogP contribution in [-0.2, 0) is 6.54 Å². The van der Waals surface area contributed by atoms with Crippen molar-refractivity contribution in [2.75, 3.05) is 6.54 Å². The average molecular weight is 239 g/mol. The molecular formula is C17H21N. The lowest BCUT2D eigenvalue weighted by Gasteiger charge is -2.11. The molecule has 94 valence electrons. The van der Waals surface area contributed by atoms with Gasteiger partial charge >= 0.3 is 0 Å². The normalized spacial score (nSPS) is 10.6. The Balaban J connectivity index is 2.27. The Morgan fingerprint density at radius 1 is 1.00 bits per heavy atom. The van der Waals surface area contributed by atoms with E-state index in [0.717, 1.165) is 13.1 Å². The van der Waals surface area contributed by atoms with E-state index in [0.29, 0.717) is 0 Å². The van der Waals surface area contributed by atoms with Gasteiger partial charge in [-0.3, -0.25) is 0 Å². The van der Waals surface area contributed by atoms with Gasteiger partial charge in [-0.15, -0.1) is 0 Å². The predicted octanol–water partition coefficient (Wildman–Crippen LogP) is 4.16. The van der Waals surface area contributed by atoms with E-state index in [9.17, 15) is 0 Å². The van der Waals surface area contributed by atoms with Crippen LogP contribution in [0.3, 0.4) is 0 Å². The van der Waals surface area contributed by atoms with Gasteiger partial charge in [-0.05, 0) is 36.6 Å². The number of aryl methyl sites for hydroxylation is 1. The van der Waals surface area contributed by atoms with E-state index >= 15 is 0 Å². The lowest BCUT2D eigenvalue weighted by Crippen LogP contribution is -2.14. The minimum absolute atomic E-state index is 0.942. The van der Waals surface area contributed by atoms with Crippen molar-refractivity contribution in [1.82, 2.24) is 5.32 Å². The number of nitrogens with one attached hydrogen (secondary N) is 1. The maximum atomic E-state index is 3.48. The second-order valence-electron chi connectivity index (χ2n) is 4.70. The van der Waals surface area contributed by atoms with Crippen LogP contribution in [0.25, 0.3) is 11.1 Å². The van der Waals surface area contributed by atoms with Crippen LogP contribution in [-0.4, -0.2) is 6.54 Å². The Bertz CT molecular complexity index is 502. The molecular weight excluding hydrogens is 218 g/mol. The maximum Gasteiger partial charge on any atom is 0.0211 e. The van der Waals surface area contributed by atoms with Crippen molar-refractivity contribution in [2.24, 2.45) is 0 Å². The lowest BCUT2D eigenvalue weighted by molar-refractivity contribution is 0.676. The zero-order valence-corrected chi connectivity index (χ0v) is 11.2. The lowest BCUT2D eigenvalue weighted by atomic mass is 9.98. The molecule has 0 fully saturated rings. The molecule has 0 saturated carbocycles. The summed E-state index contributed by atoms with van der Waals surface area (Å²) in [5.74, 6) is 0. The Labute approximate surface area is 110 Å². The second kappa shape index (κ2) is 6.36. The average Bonchev–Trinajstić information content (AvgIpc) is 2.40. The standard InChI is InChI=1S/C17H21N/c1-3-11-18-13-16-8-4-5-10-17(16)15-9-6-7-14(2)12-15/h4-10,12,18H,3,11,13H2,1-2H3. The molecule has 18 heavy (non-hydrogen) atoms. The highest BCUT2D eigenvalue weighted by Crippen LogP contribution is 2.24. The first-order valence-electron chi connectivity index (χ1n) is 6.67. The molecule has 1 heteroatoms. The molecule has 0 bridgehead atoms. The number of benzene rings is 2. The van der Waals surface area contributed by atoms with Gasteiger partial charge in [0.25, 0.3) is 0 Å². The summed E-state index contributed by atoms with van der Waals surface area (Å²) in [5.41, 5.74) is 5.33. The molecule has 0 aromatic heterocycles. The Hall–Kier alpha value is -1.60. The monoisotopic (exact) mass is 239 g/mol. The molecule has 0 aliphatic heterocycles. The Morgan fingerprint density at radius 2 is 1.83 bits per heavy atom. The van der Waals surface area contributed by atoms with Gasteiger partial charge in [0.1, 0.15) is 0 Å². The number of hydrogen-bond acceptors (Lipinski definition) is 1. The SMILES string of the molecule is CCCNCc1ccccc1-c1cccc(C)c1. The predicted molar refractivity (Wildman–Crippen MR) is 78.6 cm³/mol. The summed E-state index contributed by atoms with van der Waals surface area (Å²) in [6.45, 7) is 6.35. The summed E-state index contributed by atoms with van der Waals surface area (Å²) in [6.07, 6.45) is 1.17. The molecule has 1 nitrogen and oxygen atoms in total. The van der Waals surface area contributed by atoms with E-state index in [-0.39, 0.29) is 0 Å². The van der Waals surface area contributed by atoms with Crippen molar-refractivity contribution >= 4 is 0 Å². The molecule has 2 aromatic carbocycles. The molecule has 0 aliphatic carbocycles. The van der Waals surface area contributed by atoms with Gasteiger partial charge < -0.3 is 5.32 Å². The summed E-state index contributed by atoms with van der Waals surface area (Å²) in [4.78, 5) is 0. The third-order valence-corrected chi connectivity index (χ3v) is 3.09. The highest BCUT2D eigenvalue weighted by atomic mass is 14.8. The number of rotatable bonds is 5. The molecule has 0 amide bonds. The van der Waals surface area contributed by atoms with E-state index in [1.807, 2.05) is 0 Å². The van der Waals surface area contributed by atoms with E-state index < -0.39 is 0 Å². The Morgan fingerprint density at radius 3 is 2.61 bits per heavy atom. The quantitative estimate of drug-likeness (QED) is 0.772. The summed E-state index contributed by atoms with van der Waals surface area (Å²) < 4.78 is 0. The van der Waals surface area contributed by atoms with Gasteiger partial charge in [0.05, 0.1) is 0 Å². The van der Waals surface area contributed by atoms with Crippen LogP contribution < -0.4 is 5.32 Å². The van der Waals surface area contributed by atoms with E-state index in [1.165, 1.54) is 28.7 Å². The molecule has 0 spiro atoms. The third kappa shape index (κ3) is 3.21. The van der Waals surface area contributed by atoms with Gasteiger partial charge in [0.2, 0.25) is 0 Å². The van der Waals surface area contributed by atoms with Crippen molar-refractivity contribution < 1.29 is 0 Å². The molecule has 0 heterocycles. The molecule has 2 aromatic rings. The first-order chi connectivity index (χ1) is 8.81. The van der Waals surface area contributed by atoms with Crippen LogP contribution in [0.1, 0.15) is 24.5 Å². The van der Waals surface area contributed by atoms with E-state index in [2.05, 4.69) is 67.7 Å². The Kier molecular flexibility index (Phi) is 4.54. The molecule has 2 rings (SSSR count). The fraction of sp³-hybridized carbons (Fsp3) is 0.294. The van der Waals surface area contributed by atoms with E-state index in [1.54, 1.807) is 0 Å². The van der Waals surface area contributed by atoms with Gasteiger partial charge in [-0.1, -0.05) is 61.0 Å². The van der Waals surface area contributed by atoms with Crippen LogP contribution in [0.15, 0.2) is 48.5 Å². The maximum absolute atomic E-state index is 3.48. The molecule has 0 radical (unpaired) electrons. The van der Waals surface area contributed by atoms with Gasteiger partial charge in [-0.2, -0.15) is 0 Å². The van der Waals surface area contributed by atoms with Crippen LogP contribution in [0.2, 0.25) is 0 Å². The molecule has 0 saturated heterocycles. The van der Waals surface area contributed by atoms with Crippen molar-refractivity contribution in [2.45, 2.75) is 26.8 Å². The van der Waals surface area contributed by atoms with Crippen molar-refractivity contribution in [3.8, 4) is 11.1 Å². The summed E-state index contributed by atoms with van der Waals surface area (Å²) in [5, 5.41) is 3.48. The summed E-state index contributed by atoms with van der Waals surface area (Å²) >= 11 is 0. The van der Waals surface area contributed by atoms with Crippen LogP contribution in [0, 0.1) is 6.92 Å².